The molecule has 104 valence electrons. The number of fused-ring (bicyclic) bond motifs is 2. The van der Waals surface area contributed by atoms with Crippen molar-refractivity contribution in [1.82, 2.24) is 0 Å². The van der Waals surface area contributed by atoms with Gasteiger partial charge in [0.15, 0.2) is 34.5 Å². The van der Waals surface area contributed by atoms with Crippen LogP contribution >= 0.6 is 23.2 Å². The number of alkyl halides is 2. The third-order valence-corrected chi connectivity index (χ3v) is 3.24. The molecule has 0 amide bonds. The molecule has 0 spiro atoms. The van der Waals surface area contributed by atoms with Crippen LogP contribution < -0.4 is 9.47 Å². The highest BCUT2D eigenvalue weighted by Gasteiger charge is 2.27. The highest BCUT2D eigenvalue weighted by atomic mass is 35.5. The van der Waals surface area contributed by atoms with E-state index in [0.29, 0.717) is 28.6 Å². The molecule has 20 heavy (non-hydrogen) atoms. The molecule has 2 aromatic carbocycles. The van der Waals surface area contributed by atoms with Crippen LogP contribution in [0.4, 0.5) is 0 Å². The van der Waals surface area contributed by atoms with Crippen LogP contribution in [0.25, 0.3) is 0 Å². The van der Waals surface area contributed by atoms with Crippen molar-refractivity contribution in [2.75, 3.05) is 0 Å². The predicted molar refractivity (Wildman–Crippen MR) is 75.6 cm³/mol. The minimum Gasteiger partial charge on any atom is -0.504 e. The number of hydrogen-bond donors (Lipinski definition) is 2. The summed E-state index contributed by atoms with van der Waals surface area (Å²) in [6.07, 6.45) is 0.122. The lowest BCUT2D eigenvalue weighted by Crippen LogP contribution is -2.04. The maximum Gasteiger partial charge on any atom is 0.177 e. The molecule has 4 nitrogen and oxygen atoms in total. The average molecular weight is 313 g/mol. The minimum absolute atomic E-state index is 0.122. The SMILES string of the molecule is Oc1cc2c(c(CC(Cl)Cl)c1O)Oc1ccccc1O2. The Morgan fingerprint density at radius 1 is 1.00 bits per heavy atom. The van der Waals surface area contributed by atoms with Gasteiger partial charge in [0, 0.05) is 18.1 Å². The summed E-state index contributed by atoms with van der Waals surface area (Å²) >= 11 is 11.5. The Bertz CT molecular complexity index is 670. The molecule has 1 aliphatic rings. The van der Waals surface area contributed by atoms with E-state index in [0.717, 1.165) is 0 Å². The second-order valence-electron chi connectivity index (χ2n) is 4.30. The predicted octanol–water partition coefficient (Wildman–Crippen LogP) is 4.34. The van der Waals surface area contributed by atoms with Crippen LogP contribution in [-0.4, -0.2) is 15.0 Å². The van der Waals surface area contributed by atoms with Crippen molar-refractivity contribution < 1.29 is 19.7 Å². The van der Waals surface area contributed by atoms with E-state index in [-0.39, 0.29) is 17.9 Å². The van der Waals surface area contributed by atoms with Gasteiger partial charge in [0.1, 0.15) is 4.84 Å². The fraction of sp³-hybridized carbons (Fsp3) is 0.143. The highest BCUT2D eigenvalue weighted by Crippen LogP contribution is 2.52. The van der Waals surface area contributed by atoms with Gasteiger partial charge in [-0.3, -0.25) is 0 Å². The number of phenols is 2. The quantitative estimate of drug-likeness (QED) is 0.546. The number of rotatable bonds is 2. The first-order valence-corrected chi connectivity index (χ1v) is 6.74. The molecule has 6 heteroatoms. The Morgan fingerprint density at radius 2 is 1.65 bits per heavy atom. The molecule has 0 atom stereocenters. The molecule has 0 saturated heterocycles. The fourth-order valence-electron chi connectivity index (χ4n) is 2.05. The Morgan fingerprint density at radius 3 is 2.30 bits per heavy atom. The van der Waals surface area contributed by atoms with E-state index >= 15 is 0 Å². The van der Waals surface area contributed by atoms with E-state index in [4.69, 9.17) is 32.7 Å². The van der Waals surface area contributed by atoms with E-state index in [2.05, 4.69) is 0 Å². The number of benzene rings is 2. The third kappa shape index (κ3) is 2.21. The summed E-state index contributed by atoms with van der Waals surface area (Å²) < 4.78 is 11.4. The standard InChI is InChI=1S/C14H10Cl2O4/c15-12(16)5-7-13(18)8(17)6-11-14(7)20-10-4-2-1-3-9(10)19-11/h1-4,6,12,17-18H,5H2. The number of hydrogen-bond acceptors (Lipinski definition) is 4. The number of phenolic OH excluding ortho intramolecular Hbond substituents is 2. The molecule has 0 saturated carbocycles. The molecule has 0 bridgehead atoms. The molecule has 0 aromatic heterocycles. The van der Waals surface area contributed by atoms with E-state index in [1.165, 1.54) is 6.07 Å². The first kappa shape index (κ1) is 13.2. The summed E-state index contributed by atoms with van der Waals surface area (Å²) in [6, 6.07) is 8.39. The fourth-order valence-corrected chi connectivity index (χ4v) is 2.36. The number of aromatic hydroxyl groups is 2. The summed E-state index contributed by atoms with van der Waals surface area (Å²) in [4.78, 5) is -0.743. The summed E-state index contributed by atoms with van der Waals surface area (Å²) in [5.74, 6) is 1.05. The molecule has 2 N–H and O–H groups in total. The van der Waals surface area contributed by atoms with E-state index < -0.39 is 4.84 Å². The Balaban J connectivity index is 2.13. The zero-order chi connectivity index (χ0) is 14.3. The van der Waals surface area contributed by atoms with Gasteiger partial charge in [-0.25, -0.2) is 0 Å². The maximum atomic E-state index is 9.95. The Labute approximate surface area is 125 Å². The molecular formula is C14H10Cl2O4. The van der Waals surface area contributed by atoms with Crippen molar-refractivity contribution in [3.63, 3.8) is 0 Å². The lowest BCUT2D eigenvalue weighted by atomic mass is 10.1. The number of halogens is 2. The van der Waals surface area contributed by atoms with Crippen LogP contribution in [0.5, 0.6) is 34.5 Å². The summed E-state index contributed by atoms with van der Waals surface area (Å²) in [5, 5.41) is 19.7. The van der Waals surface area contributed by atoms with Crippen LogP contribution in [-0.2, 0) is 6.42 Å². The van der Waals surface area contributed by atoms with Gasteiger partial charge in [0.05, 0.1) is 0 Å². The second-order valence-corrected chi connectivity index (χ2v) is 5.57. The van der Waals surface area contributed by atoms with Crippen LogP contribution in [0, 0.1) is 0 Å². The molecule has 3 rings (SSSR count). The van der Waals surface area contributed by atoms with Crippen molar-refractivity contribution in [2.24, 2.45) is 0 Å². The largest absolute Gasteiger partial charge is 0.504 e. The van der Waals surface area contributed by atoms with Gasteiger partial charge >= 0.3 is 0 Å². The molecule has 0 radical (unpaired) electrons. The number of ether oxygens (including phenoxy) is 2. The van der Waals surface area contributed by atoms with Crippen LogP contribution in [0.2, 0.25) is 0 Å². The van der Waals surface area contributed by atoms with Crippen LogP contribution in [0.3, 0.4) is 0 Å². The monoisotopic (exact) mass is 312 g/mol. The van der Waals surface area contributed by atoms with E-state index in [1.54, 1.807) is 18.2 Å². The minimum atomic E-state index is -0.743. The van der Waals surface area contributed by atoms with E-state index in [9.17, 15) is 10.2 Å². The normalized spacial score (nSPS) is 12.3. The molecule has 1 heterocycles. The first-order valence-electron chi connectivity index (χ1n) is 5.87. The molecule has 1 aliphatic heterocycles. The van der Waals surface area contributed by atoms with Crippen molar-refractivity contribution in [1.29, 1.82) is 0 Å². The molecule has 0 aliphatic carbocycles. The third-order valence-electron chi connectivity index (χ3n) is 2.93. The maximum absolute atomic E-state index is 9.95. The Hall–Kier alpha value is -1.78. The van der Waals surface area contributed by atoms with Gasteiger partial charge < -0.3 is 19.7 Å². The van der Waals surface area contributed by atoms with Crippen molar-refractivity contribution >= 4 is 23.2 Å². The van der Waals surface area contributed by atoms with Gasteiger partial charge in [-0.2, -0.15) is 0 Å². The van der Waals surface area contributed by atoms with Gasteiger partial charge in [0.25, 0.3) is 0 Å². The summed E-state index contributed by atoms with van der Waals surface area (Å²) in [5.41, 5.74) is 0.310. The summed E-state index contributed by atoms with van der Waals surface area (Å²) in [6.45, 7) is 0. The second kappa shape index (κ2) is 4.96. The average Bonchev–Trinajstić information content (AvgIpc) is 2.42. The number of para-hydroxylation sites is 2. The van der Waals surface area contributed by atoms with Crippen molar-refractivity contribution in [2.45, 2.75) is 11.3 Å². The van der Waals surface area contributed by atoms with Crippen LogP contribution in [0.15, 0.2) is 30.3 Å². The van der Waals surface area contributed by atoms with Gasteiger partial charge in [0.2, 0.25) is 0 Å². The first-order chi connectivity index (χ1) is 9.56. The zero-order valence-electron chi connectivity index (χ0n) is 10.1. The lowest BCUT2D eigenvalue weighted by Gasteiger charge is -2.23. The lowest BCUT2D eigenvalue weighted by molar-refractivity contribution is 0.341. The van der Waals surface area contributed by atoms with Gasteiger partial charge in [-0.05, 0) is 12.1 Å². The highest BCUT2D eigenvalue weighted by molar-refractivity contribution is 6.44. The van der Waals surface area contributed by atoms with E-state index in [1.807, 2.05) is 6.07 Å². The van der Waals surface area contributed by atoms with Crippen LogP contribution in [0.1, 0.15) is 5.56 Å². The molecule has 2 aromatic rings. The topological polar surface area (TPSA) is 58.9 Å². The van der Waals surface area contributed by atoms with Gasteiger partial charge in [-0.1, -0.05) is 12.1 Å². The van der Waals surface area contributed by atoms with Crippen molar-refractivity contribution in [3.05, 3.63) is 35.9 Å². The Kier molecular flexibility index (Phi) is 3.28. The molecular weight excluding hydrogens is 303 g/mol. The summed E-state index contributed by atoms with van der Waals surface area (Å²) in [7, 11) is 0. The van der Waals surface area contributed by atoms with Crippen molar-refractivity contribution in [3.8, 4) is 34.5 Å². The smallest absolute Gasteiger partial charge is 0.177 e. The molecule has 0 fully saturated rings. The van der Waals surface area contributed by atoms with Gasteiger partial charge in [-0.15, -0.1) is 23.2 Å². The molecule has 0 unspecified atom stereocenters. The zero-order valence-corrected chi connectivity index (χ0v) is 11.6.